The molecule has 5 heteroatoms. The second kappa shape index (κ2) is 8.12. The van der Waals surface area contributed by atoms with Gasteiger partial charge < -0.3 is 15.4 Å². The topological polar surface area (TPSA) is 53.6 Å². The van der Waals surface area contributed by atoms with Crippen molar-refractivity contribution in [1.82, 2.24) is 15.5 Å². The van der Waals surface area contributed by atoms with Gasteiger partial charge in [-0.2, -0.15) is 0 Å². The third-order valence-electron chi connectivity index (χ3n) is 3.81. The summed E-state index contributed by atoms with van der Waals surface area (Å²) in [5, 5.41) is 6.05. The van der Waals surface area contributed by atoms with Crippen molar-refractivity contribution in [2.24, 2.45) is 0 Å². The van der Waals surface area contributed by atoms with Gasteiger partial charge in [-0.3, -0.25) is 9.69 Å². The first-order valence-electron chi connectivity index (χ1n) is 7.58. The summed E-state index contributed by atoms with van der Waals surface area (Å²) < 4.78 is 5.76. The summed E-state index contributed by atoms with van der Waals surface area (Å²) in [5.74, 6) is -0.0511. The molecule has 1 atom stereocenters. The second-order valence-corrected chi connectivity index (χ2v) is 5.29. The van der Waals surface area contributed by atoms with E-state index in [0.717, 1.165) is 39.3 Å². The van der Waals surface area contributed by atoms with Gasteiger partial charge in [0.25, 0.3) is 5.91 Å². The number of likely N-dealkylation sites (N-methyl/N-ethyl adjacent to an activating group) is 1. The van der Waals surface area contributed by atoms with Gasteiger partial charge in [0.1, 0.15) is 0 Å². The van der Waals surface area contributed by atoms with Crippen LogP contribution in [-0.4, -0.2) is 56.7 Å². The van der Waals surface area contributed by atoms with Crippen molar-refractivity contribution in [2.45, 2.75) is 19.6 Å². The van der Waals surface area contributed by atoms with Crippen LogP contribution in [0.1, 0.15) is 22.8 Å². The van der Waals surface area contributed by atoms with Gasteiger partial charge in [0.2, 0.25) is 0 Å². The molecule has 1 saturated heterocycles. The average Bonchev–Trinajstić information content (AvgIpc) is 2.55. The lowest BCUT2D eigenvalue weighted by molar-refractivity contribution is -0.0253. The summed E-state index contributed by atoms with van der Waals surface area (Å²) in [6, 6.07) is 7.67. The number of nitrogens with one attached hydrogen (secondary N) is 2. The summed E-state index contributed by atoms with van der Waals surface area (Å²) in [7, 11) is 1.64. The van der Waals surface area contributed by atoms with Crippen molar-refractivity contribution in [1.29, 1.82) is 0 Å². The molecule has 1 fully saturated rings. The van der Waals surface area contributed by atoms with Gasteiger partial charge >= 0.3 is 0 Å². The predicted octanol–water partition coefficient (Wildman–Crippen LogP) is 0.857. The Hall–Kier alpha value is -1.43. The van der Waals surface area contributed by atoms with Gasteiger partial charge in [-0.25, -0.2) is 0 Å². The zero-order valence-electron chi connectivity index (χ0n) is 12.9. The Kier molecular flexibility index (Phi) is 6.17. The minimum Gasteiger partial charge on any atom is -0.374 e. The highest BCUT2D eigenvalue weighted by Gasteiger charge is 2.18. The maximum Gasteiger partial charge on any atom is 0.251 e. The first-order chi connectivity index (χ1) is 10.2. The van der Waals surface area contributed by atoms with E-state index in [1.54, 1.807) is 7.05 Å². The molecular weight excluding hydrogens is 266 g/mol. The molecule has 2 N–H and O–H groups in total. The molecule has 0 spiro atoms. The fourth-order valence-corrected chi connectivity index (χ4v) is 2.49. The third kappa shape index (κ3) is 4.81. The van der Waals surface area contributed by atoms with Crippen molar-refractivity contribution in [2.75, 3.05) is 39.8 Å². The molecule has 0 aromatic heterocycles. The molecule has 116 valence electrons. The lowest BCUT2D eigenvalue weighted by Gasteiger charge is -2.32. The monoisotopic (exact) mass is 291 g/mol. The van der Waals surface area contributed by atoms with Crippen molar-refractivity contribution >= 4 is 5.91 Å². The normalized spacial score (nSPS) is 19.4. The number of carbonyl (C=O) groups is 1. The summed E-state index contributed by atoms with van der Waals surface area (Å²) in [5.41, 5.74) is 1.86. The first-order valence-corrected chi connectivity index (χ1v) is 7.58. The van der Waals surface area contributed by atoms with Crippen LogP contribution in [0.3, 0.4) is 0 Å². The van der Waals surface area contributed by atoms with Crippen LogP contribution in [0, 0.1) is 0 Å². The van der Waals surface area contributed by atoms with Crippen LogP contribution in [0.25, 0.3) is 0 Å². The van der Waals surface area contributed by atoms with E-state index in [2.05, 4.69) is 22.5 Å². The third-order valence-corrected chi connectivity index (χ3v) is 3.81. The average molecular weight is 291 g/mol. The van der Waals surface area contributed by atoms with Crippen LogP contribution >= 0.6 is 0 Å². The second-order valence-electron chi connectivity index (χ2n) is 5.29. The van der Waals surface area contributed by atoms with Crippen molar-refractivity contribution < 1.29 is 9.53 Å². The number of rotatable bonds is 6. The standard InChI is InChI=1S/C16H25N3O2/c1-3-19-8-9-21-15(12-19)11-18-10-13-4-6-14(7-5-13)16(20)17-2/h4-7,15,18H,3,8-12H2,1-2H3,(H,17,20). The molecule has 1 heterocycles. The lowest BCUT2D eigenvalue weighted by Crippen LogP contribution is -2.46. The minimum absolute atomic E-state index is 0.0511. The fraction of sp³-hybridized carbons (Fsp3) is 0.562. The zero-order valence-corrected chi connectivity index (χ0v) is 12.9. The van der Waals surface area contributed by atoms with E-state index < -0.39 is 0 Å². The van der Waals surface area contributed by atoms with E-state index >= 15 is 0 Å². The van der Waals surface area contributed by atoms with E-state index in [9.17, 15) is 4.79 Å². The number of amides is 1. The highest BCUT2D eigenvalue weighted by Crippen LogP contribution is 2.06. The van der Waals surface area contributed by atoms with E-state index in [1.165, 1.54) is 5.56 Å². The number of benzene rings is 1. The number of carbonyl (C=O) groups excluding carboxylic acids is 1. The molecule has 0 bridgehead atoms. The van der Waals surface area contributed by atoms with Gasteiger partial charge in [0, 0.05) is 38.8 Å². The molecule has 0 aliphatic carbocycles. The van der Waals surface area contributed by atoms with Crippen LogP contribution in [0.15, 0.2) is 24.3 Å². The van der Waals surface area contributed by atoms with Crippen LogP contribution in [0.2, 0.25) is 0 Å². The SMILES string of the molecule is CCN1CCOC(CNCc2ccc(C(=O)NC)cc2)C1. The summed E-state index contributed by atoms with van der Waals surface area (Å²) in [4.78, 5) is 13.9. The predicted molar refractivity (Wildman–Crippen MR) is 83.4 cm³/mol. The Bertz CT molecular complexity index is 447. The Morgan fingerprint density at radius 1 is 1.38 bits per heavy atom. The number of hydrogen-bond donors (Lipinski definition) is 2. The molecule has 1 amide bonds. The largest absolute Gasteiger partial charge is 0.374 e. The molecule has 21 heavy (non-hydrogen) atoms. The number of morpholine rings is 1. The van der Waals surface area contributed by atoms with Gasteiger partial charge in [-0.05, 0) is 24.2 Å². The molecule has 1 aromatic rings. The van der Waals surface area contributed by atoms with Crippen molar-refractivity contribution in [3.8, 4) is 0 Å². The maximum atomic E-state index is 11.5. The zero-order chi connectivity index (χ0) is 15.1. The smallest absolute Gasteiger partial charge is 0.251 e. The van der Waals surface area contributed by atoms with E-state index in [1.807, 2.05) is 24.3 Å². The van der Waals surface area contributed by atoms with Crippen LogP contribution in [0.5, 0.6) is 0 Å². The molecule has 2 rings (SSSR count). The minimum atomic E-state index is -0.0511. The Morgan fingerprint density at radius 3 is 2.81 bits per heavy atom. The molecule has 1 aliphatic heterocycles. The molecule has 5 nitrogen and oxygen atoms in total. The maximum absolute atomic E-state index is 11.5. The summed E-state index contributed by atoms with van der Waals surface area (Å²) in [6.45, 7) is 7.77. The number of hydrogen-bond acceptors (Lipinski definition) is 4. The molecule has 1 unspecified atom stereocenters. The number of ether oxygens (including phenoxy) is 1. The van der Waals surface area contributed by atoms with Crippen molar-refractivity contribution in [3.05, 3.63) is 35.4 Å². The van der Waals surface area contributed by atoms with Gasteiger partial charge in [0.05, 0.1) is 12.7 Å². The first kappa shape index (κ1) is 15.9. The molecule has 0 radical (unpaired) electrons. The molecule has 1 aliphatic rings. The van der Waals surface area contributed by atoms with Crippen molar-refractivity contribution in [3.63, 3.8) is 0 Å². The highest BCUT2D eigenvalue weighted by atomic mass is 16.5. The highest BCUT2D eigenvalue weighted by molar-refractivity contribution is 5.93. The van der Waals surface area contributed by atoms with Gasteiger partial charge in [-0.1, -0.05) is 19.1 Å². The summed E-state index contributed by atoms with van der Waals surface area (Å²) >= 11 is 0. The van der Waals surface area contributed by atoms with Gasteiger partial charge in [0.15, 0.2) is 0 Å². The van der Waals surface area contributed by atoms with Crippen LogP contribution in [0.4, 0.5) is 0 Å². The Balaban J connectivity index is 1.74. The lowest BCUT2D eigenvalue weighted by atomic mass is 10.1. The Morgan fingerprint density at radius 2 is 2.14 bits per heavy atom. The van der Waals surface area contributed by atoms with Gasteiger partial charge in [-0.15, -0.1) is 0 Å². The molecule has 0 saturated carbocycles. The number of nitrogens with zero attached hydrogens (tertiary/aromatic N) is 1. The summed E-state index contributed by atoms with van der Waals surface area (Å²) in [6.07, 6.45) is 0.267. The Labute approximate surface area is 126 Å². The van der Waals surface area contributed by atoms with Crippen LogP contribution < -0.4 is 10.6 Å². The van der Waals surface area contributed by atoms with E-state index in [-0.39, 0.29) is 12.0 Å². The van der Waals surface area contributed by atoms with E-state index in [0.29, 0.717) is 5.56 Å². The van der Waals surface area contributed by atoms with E-state index in [4.69, 9.17) is 4.74 Å². The quantitative estimate of drug-likeness (QED) is 0.816. The molecule has 1 aromatic carbocycles. The molecular formula is C16H25N3O2. The van der Waals surface area contributed by atoms with Crippen LogP contribution in [-0.2, 0) is 11.3 Å². The fourth-order valence-electron chi connectivity index (χ4n) is 2.49.